The summed E-state index contributed by atoms with van der Waals surface area (Å²) in [4.78, 5) is 38.9. The predicted octanol–water partition coefficient (Wildman–Crippen LogP) is 0.361. The minimum atomic E-state index is -3.62. The molecular formula is C20H29N5O5S. The third-order valence-electron chi connectivity index (χ3n) is 5.86. The van der Waals surface area contributed by atoms with Crippen LogP contribution < -0.4 is 10.7 Å². The molecule has 1 aromatic carbocycles. The molecule has 2 aliphatic heterocycles. The van der Waals surface area contributed by atoms with Gasteiger partial charge in [0.05, 0.1) is 11.4 Å². The fourth-order valence-electron chi connectivity index (χ4n) is 3.64. The topological polar surface area (TPSA) is 119 Å². The average molecular weight is 452 g/mol. The number of amides is 4. The van der Waals surface area contributed by atoms with Gasteiger partial charge in [-0.3, -0.25) is 19.9 Å². The zero-order valence-corrected chi connectivity index (χ0v) is 19.1. The van der Waals surface area contributed by atoms with E-state index in [2.05, 4.69) is 10.7 Å². The van der Waals surface area contributed by atoms with Gasteiger partial charge in [-0.05, 0) is 44.4 Å². The number of benzene rings is 1. The molecule has 2 saturated heterocycles. The average Bonchev–Trinajstić information content (AvgIpc) is 2.93. The highest BCUT2D eigenvalue weighted by molar-refractivity contribution is 7.89. The van der Waals surface area contributed by atoms with Gasteiger partial charge in [0.25, 0.3) is 11.8 Å². The number of carbonyl (C=O) groups is 3. The molecule has 10 nitrogen and oxygen atoms in total. The maximum Gasteiger partial charge on any atom is 0.344 e. The number of nitrogens with one attached hydrogen (secondary N) is 2. The van der Waals surface area contributed by atoms with Crippen LogP contribution in [0.15, 0.2) is 23.1 Å². The van der Waals surface area contributed by atoms with Gasteiger partial charge in [-0.15, -0.1) is 0 Å². The van der Waals surface area contributed by atoms with Gasteiger partial charge in [0, 0.05) is 26.2 Å². The summed E-state index contributed by atoms with van der Waals surface area (Å²) >= 11 is 0. The van der Waals surface area contributed by atoms with Gasteiger partial charge in [-0.2, -0.15) is 9.31 Å². The van der Waals surface area contributed by atoms with E-state index in [0.717, 1.165) is 5.56 Å². The molecule has 11 heteroatoms. The number of nitrogens with zero attached hydrogens (tertiary/aromatic N) is 3. The van der Waals surface area contributed by atoms with Crippen LogP contribution in [0.4, 0.5) is 4.79 Å². The predicted molar refractivity (Wildman–Crippen MR) is 113 cm³/mol. The first-order valence-electron chi connectivity index (χ1n) is 10.2. The highest BCUT2D eigenvalue weighted by Crippen LogP contribution is 2.22. The van der Waals surface area contributed by atoms with Crippen molar-refractivity contribution in [2.24, 2.45) is 0 Å². The van der Waals surface area contributed by atoms with Crippen LogP contribution in [0.25, 0.3) is 0 Å². The lowest BCUT2D eigenvalue weighted by atomic mass is 10.00. The number of sulfonamides is 1. The van der Waals surface area contributed by atoms with Gasteiger partial charge in [0.2, 0.25) is 10.0 Å². The summed E-state index contributed by atoms with van der Waals surface area (Å²) in [6, 6.07) is 4.68. The van der Waals surface area contributed by atoms with Crippen molar-refractivity contribution in [2.75, 3.05) is 32.7 Å². The van der Waals surface area contributed by atoms with E-state index in [-0.39, 0.29) is 19.6 Å². The first-order valence-corrected chi connectivity index (χ1v) is 11.7. The molecule has 2 aliphatic rings. The van der Waals surface area contributed by atoms with Crippen LogP contribution in [0.3, 0.4) is 0 Å². The number of carbonyl (C=O) groups excluding carboxylic acids is 3. The minimum absolute atomic E-state index is 0.0444. The van der Waals surface area contributed by atoms with Gasteiger partial charge in [0.15, 0.2) is 0 Å². The molecule has 0 saturated carbocycles. The first-order chi connectivity index (χ1) is 14.5. The lowest BCUT2D eigenvalue weighted by Crippen LogP contribution is -2.54. The number of hydrogen-bond acceptors (Lipinski definition) is 6. The Kier molecular flexibility index (Phi) is 6.40. The summed E-state index contributed by atoms with van der Waals surface area (Å²) < 4.78 is 27.5. The van der Waals surface area contributed by atoms with Crippen molar-refractivity contribution in [3.05, 3.63) is 29.3 Å². The molecule has 3 rings (SSSR count). The zero-order chi connectivity index (χ0) is 23.0. The summed E-state index contributed by atoms with van der Waals surface area (Å²) in [5, 5.41) is 3.29. The first kappa shape index (κ1) is 23.2. The molecule has 0 spiro atoms. The molecule has 2 heterocycles. The van der Waals surface area contributed by atoms with E-state index in [1.807, 2.05) is 13.0 Å². The smallest absolute Gasteiger partial charge is 0.322 e. The van der Waals surface area contributed by atoms with Gasteiger partial charge in [-0.25, -0.2) is 13.2 Å². The van der Waals surface area contributed by atoms with Crippen molar-refractivity contribution in [3.63, 3.8) is 0 Å². The van der Waals surface area contributed by atoms with Crippen LogP contribution in [-0.2, 0) is 19.6 Å². The van der Waals surface area contributed by atoms with Crippen molar-refractivity contribution in [2.45, 2.75) is 44.6 Å². The Hall–Kier alpha value is -2.50. The third-order valence-corrected chi connectivity index (χ3v) is 7.91. The number of aryl methyl sites for hydroxylation is 2. The van der Waals surface area contributed by atoms with Crippen LogP contribution in [-0.4, -0.2) is 78.7 Å². The fourth-order valence-corrected chi connectivity index (χ4v) is 5.37. The molecule has 1 atom stereocenters. The monoisotopic (exact) mass is 451 g/mol. The maximum absolute atomic E-state index is 13.0. The second kappa shape index (κ2) is 8.56. The number of imide groups is 1. The Bertz CT molecular complexity index is 1000. The SMILES string of the molecule is CCC1(C)NC(=O)N(NC(=O)CN2CCN(S(=O)(=O)c3cc(C)ccc3C)CC2)C1=O. The summed E-state index contributed by atoms with van der Waals surface area (Å²) in [6.07, 6.45) is 0.404. The number of rotatable bonds is 6. The molecule has 170 valence electrons. The number of hydrogen-bond donors (Lipinski definition) is 2. The van der Waals surface area contributed by atoms with Crippen LogP contribution in [0.5, 0.6) is 0 Å². The molecule has 0 aliphatic carbocycles. The van der Waals surface area contributed by atoms with Crippen LogP contribution >= 0.6 is 0 Å². The highest BCUT2D eigenvalue weighted by atomic mass is 32.2. The van der Waals surface area contributed by atoms with E-state index >= 15 is 0 Å². The van der Waals surface area contributed by atoms with Crippen LogP contribution in [0, 0.1) is 13.8 Å². The van der Waals surface area contributed by atoms with E-state index in [0.29, 0.717) is 35.0 Å². The van der Waals surface area contributed by atoms with Gasteiger partial charge < -0.3 is 5.32 Å². The molecule has 2 N–H and O–H groups in total. The minimum Gasteiger partial charge on any atom is -0.322 e. The lowest BCUT2D eigenvalue weighted by molar-refractivity contribution is -0.139. The van der Waals surface area contributed by atoms with Crippen molar-refractivity contribution in [3.8, 4) is 0 Å². The van der Waals surface area contributed by atoms with Crippen molar-refractivity contribution in [1.82, 2.24) is 25.0 Å². The Morgan fingerprint density at radius 2 is 1.81 bits per heavy atom. The van der Waals surface area contributed by atoms with Gasteiger partial charge in [0.1, 0.15) is 5.54 Å². The second-order valence-electron chi connectivity index (χ2n) is 8.24. The van der Waals surface area contributed by atoms with Crippen molar-refractivity contribution in [1.29, 1.82) is 0 Å². The summed E-state index contributed by atoms with van der Waals surface area (Å²) in [6.45, 7) is 8.19. The molecule has 4 amide bonds. The lowest BCUT2D eigenvalue weighted by Gasteiger charge is -2.34. The van der Waals surface area contributed by atoms with E-state index in [1.54, 1.807) is 37.8 Å². The van der Waals surface area contributed by atoms with Crippen LogP contribution in [0.2, 0.25) is 0 Å². The number of urea groups is 1. The highest BCUT2D eigenvalue weighted by Gasteiger charge is 2.47. The maximum atomic E-state index is 13.0. The van der Waals surface area contributed by atoms with Crippen molar-refractivity contribution >= 4 is 27.9 Å². The number of hydrazine groups is 1. The standard InChI is InChI=1S/C20H29N5O5S/c1-5-20(4)18(27)25(19(28)21-20)22-17(26)13-23-8-10-24(11-9-23)31(29,30)16-12-14(2)6-7-15(16)3/h6-7,12H,5,8-11,13H2,1-4H3,(H,21,28)(H,22,26). The summed E-state index contributed by atoms with van der Waals surface area (Å²) in [7, 11) is -3.62. The molecule has 0 radical (unpaired) electrons. The molecule has 1 aromatic rings. The molecular weight excluding hydrogens is 422 g/mol. The van der Waals surface area contributed by atoms with E-state index in [1.165, 1.54) is 4.31 Å². The molecule has 2 fully saturated rings. The van der Waals surface area contributed by atoms with Gasteiger partial charge in [-0.1, -0.05) is 19.1 Å². The second-order valence-corrected chi connectivity index (χ2v) is 10.1. The Morgan fingerprint density at radius 3 is 2.39 bits per heavy atom. The Morgan fingerprint density at radius 1 is 1.16 bits per heavy atom. The molecule has 0 bridgehead atoms. The summed E-state index contributed by atoms with van der Waals surface area (Å²) in [5.74, 6) is -1.01. The van der Waals surface area contributed by atoms with Crippen LogP contribution in [0.1, 0.15) is 31.4 Å². The van der Waals surface area contributed by atoms with E-state index in [4.69, 9.17) is 0 Å². The largest absolute Gasteiger partial charge is 0.344 e. The molecule has 0 aromatic heterocycles. The van der Waals surface area contributed by atoms with Crippen molar-refractivity contribution < 1.29 is 22.8 Å². The molecule has 31 heavy (non-hydrogen) atoms. The van der Waals surface area contributed by atoms with Gasteiger partial charge >= 0.3 is 6.03 Å². The Balaban J connectivity index is 1.57. The molecule has 1 unspecified atom stereocenters. The van der Waals surface area contributed by atoms with E-state index < -0.39 is 33.4 Å². The third kappa shape index (κ3) is 4.58. The zero-order valence-electron chi connectivity index (χ0n) is 18.3. The normalized spacial score (nSPS) is 23.2. The summed E-state index contributed by atoms with van der Waals surface area (Å²) in [5.41, 5.74) is 2.89. The quantitative estimate of drug-likeness (QED) is 0.603. The van der Waals surface area contributed by atoms with E-state index in [9.17, 15) is 22.8 Å². The Labute approximate surface area is 182 Å². The fraction of sp³-hybridized carbons (Fsp3) is 0.550. The number of piperazine rings is 1.